The Kier molecular flexibility index (Phi) is 4.06. The monoisotopic (exact) mass is 184 g/mol. The smallest absolute Gasteiger partial charge is 0.315 e. The van der Waals surface area contributed by atoms with Crippen molar-refractivity contribution in [1.29, 1.82) is 0 Å². The van der Waals surface area contributed by atoms with Crippen molar-refractivity contribution in [3.8, 4) is 0 Å². The molecule has 76 valence electrons. The van der Waals surface area contributed by atoms with Crippen LogP contribution in [0.5, 0.6) is 0 Å². The van der Waals surface area contributed by atoms with Crippen LogP contribution in [0.4, 0.5) is 4.79 Å². The highest BCUT2D eigenvalue weighted by Crippen LogP contribution is 2.20. The van der Waals surface area contributed by atoms with Gasteiger partial charge in [-0.25, -0.2) is 4.79 Å². The summed E-state index contributed by atoms with van der Waals surface area (Å²) in [7, 11) is 0. The Morgan fingerprint density at radius 2 is 2.31 bits per heavy atom. The van der Waals surface area contributed by atoms with Crippen molar-refractivity contribution in [2.45, 2.75) is 51.5 Å². The molecule has 0 bridgehead atoms. The van der Waals surface area contributed by atoms with Crippen LogP contribution in [0.15, 0.2) is 0 Å². The molecule has 0 aromatic carbocycles. The number of amides is 2. The van der Waals surface area contributed by atoms with E-state index in [9.17, 15) is 4.79 Å². The number of primary amides is 1. The van der Waals surface area contributed by atoms with Crippen molar-refractivity contribution in [3.05, 3.63) is 0 Å². The number of rotatable bonds is 3. The molecule has 2 amide bonds. The van der Waals surface area contributed by atoms with Gasteiger partial charge >= 0.3 is 6.03 Å². The van der Waals surface area contributed by atoms with Crippen LogP contribution in [0.2, 0.25) is 0 Å². The number of hydrogen-bond donors (Lipinski definition) is 1. The Labute approximate surface area is 80.3 Å². The second kappa shape index (κ2) is 5.10. The minimum atomic E-state index is -0.235. The molecule has 1 aliphatic rings. The number of nitrogens with zero attached hydrogens (tertiary/aromatic N) is 1. The molecule has 0 aliphatic carbocycles. The molecule has 0 radical (unpaired) electrons. The average Bonchev–Trinajstić information content (AvgIpc) is 2.15. The number of carbonyl (C=O) groups excluding carboxylic acids is 1. The van der Waals surface area contributed by atoms with Crippen molar-refractivity contribution in [2.75, 3.05) is 6.54 Å². The fourth-order valence-electron chi connectivity index (χ4n) is 2.03. The molecule has 1 aliphatic heterocycles. The van der Waals surface area contributed by atoms with Crippen LogP contribution >= 0.6 is 0 Å². The van der Waals surface area contributed by atoms with Gasteiger partial charge in [0.15, 0.2) is 0 Å². The van der Waals surface area contributed by atoms with E-state index in [1.807, 2.05) is 4.90 Å². The summed E-state index contributed by atoms with van der Waals surface area (Å²) in [6.45, 7) is 3.04. The molecule has 13 heavy (non-hydrogen) atoms. The molecule has 0 saturated carbocycles. The minimum Gasteiger partial charge on any atom is -0.351 e. The highest BCUT2D eigenvalue weighted by Gasteiger charge is 2.23. The van der Waals surface area contributed by atoms with Gasteiger partial charge in [-0.15, -0.1) is 0 Å². The third kappa shape index (κ3) is 2.90. The summed E-state index contributed by atoms with van der Waals surface area (Å²) in [5.74, 6) is 0. The first-order chi connectivity index (χ1) is 6.25. The summed E-state index contributed by atoms with van der Waals surface area (Å²) in [4.78, 5) is 12.9. The lowest BCUT2D eigenvalue weighted by molar-refractivity contribution is 0.153. The first-order valence-corrected chi connectivity index (χ1v) is 5.31. The van der Waals surface area contributed by atoms with Crippen molar-refractivity contribution >= 4 is 6.03 Å². The molecule has 1 rings (SSSR count). The third-order valence-electron chi connectivity index (χ3n) is 2.80. The van der Waals surface area contributed by atoms with Gasteiger partial charge < -0.3 is 10.6 Å². The van der Waals surface area contributed by atoms with E-state index in [0.29, 0.717) is 6.04 Å². The normalized spacial score (nSPS) is 23.2. The van der Waals surface area contributed by atoms with Gasteiger partial charge in [-0.1, -0.05) is 19.8 Å². The number of hydrogen-bond acceptors (Lipinski definition) is 1. The van der Waals surface area contributed by atoms with E-state index in [2.05, 4.69) is 6.92 Å². The lowest BCUT2D eigenvalue weighted by atomic mass is 9.98. The van der Waals surface area contributed by atoms with Crippen molar-refractivity contribution < 1.29 is 4.79 Å². The maximum atomic E-state index is 11.1. The van der Waals surface area contributed by atoms with E-state index in [1.54, 1.807) is 0 Å². The summed E-state index contributed by atoms with van der Waals surface area (Å²) in [5, 5.41) is 0. The molecule has 0 aromatic rings. The summed E-state index contributed by atoms with van der Waals surface area (Å²) >= 11 is 0. The molecule has 2 N–H and O–H groups in total. The van der Waals surface area contributed by atoms with E-state index in [1.165, 1.54) is 19.3 Å². The molecular formula is C10H20N2O. The Hall–Kier alpha value is -0.730. The molecule has 1 heterocycles. The lowest BCUT2D eigenvalue weighted by Gasteiger charge is -2.34. The highest BCUT2D eigenvalue weighted by molar-refractivity contribution is 5.72. The first-order valence-electron chi connectivity index (χ1n) is 5.31. The van der Waals surface area contributed by atoms with E-state index >= 15 is 0 Å². The summed E-state index contributed by atoms with van der Waals surface area (Å²) in [6.07, 6.45) is 7.03. The van der Waals surface area contributed by atoms with Gasteiger partial charge in [-0.2, -0.15) is 0 Å². The Bertz CT molecular complexity index is 170. The average molecular weight is 184 g/mol. The van der Waals surface area contributed by atoms with Gasteiger partial charge in [0.2, 0.25) is 0 Å². The maximum absolute atomic E-state index is 11.1. The zero-order valence-corrected chi connectivity index (χ0v) is 8.46. The highest BCUT2D eigenvalue weighted by atomic mass is 16.2. The summed E-state index contributed by atoms with van der Waals surface area (Å²) in [5.41, 5.74) is 5.32. The quantitative estimate of drug-likeness (QED) is 0.717. The van der Waals surface area contributed by atoms with E-state index in [4.69, 9.17) is 5.73 Å². The van der Waals surface area contributed by atoms with Crippen molar-refractivity contribution in [3.63, 3.8) is 0 Å². The van der Waals surface area contributed by atoms with Gasteiger partial charge in [0, 0.05) is 12.6 Å². The zero-order valence-electron chi connectivity index (χ0n) is 8.46. The molecular weight excluding hydrogens is 164 g/mol. The molecule has 0 unspecified atom stereocenters. The van der Waals surface area contributed by atoms with Gasteiger partial charge in [-0.3, -0.25) is 0 Å². The lowest BCUT2D eigenvalue weighted by Crippen LogP contribution is -2.46. The molecule has 1 fully saturated rings. The van der Waals surface area contributed by atoms with Gasteiger partial charge in [0.25, 0.3) is 0 Å². The van der Waals surface area contributed by atoms with Crippen molar-refractivity contribution in [1.82, 2.24) is 4.90 Å². The second-order valence-electron chi connectivity index (χ2n) is 3.82. The van der Waals surface area contributed by atoms with E-state index in [-0.39, 0.29) is 6.03 Å². The number of unbranched alkanes of at least 4 members (excludes halogenated alkanes) is 1. The number of carbonyl (C=O) groups is 1. The van der Waals surface area contributed by atoms with Crippen LogP contribution in [0, 0.1) is 0 Å². The molecule has 0 spiro atoms. The Balaban J connectivity index is 2.41. The zero-order chi connectivity index (χ0) is 9.68. The maximum Gasteiger partial charge on any atom is 0.315 e. The molecule has 0 aromatic heterocycles. The number of urea groups is 1. The van der Waals surface area contributed by atoms with Crippen LogP contribution in [-0.2, 0) is 0 Å². The van der Waals surface area contributed by atoms with Gasteiger partial charge in [0.1, 0.15) is 0 Å². The predicted octanol–water partition coefficient (Wildman–Crippen LogP) is 2.11. The van der Waals surface area contributed by atoms with Crippen LogP contribution in [0.25, 0.3) is 0 Å². The fraction of sp³-hybridized carbons (Fsp3) is 0.900. The van der Waals surface area contributed by atoms with Crippen molar-refractivity contribution in [2.24, 2.45) is 5.73 Å². The second-order valence-corrected chi connectivity index (χ2v) is 3.82. The van der Waals surface area contributed by atoms with Gasteiger partial charge in [-0.05, 0) is 25.7 Å². The third-order valence-corrected chi connectivity index (χ3v) is 2.80. The van der Waals surface area contributed by atoms with Crippen LogP contribution in [-0.4, -0.2) is 23.5 Å². The molecule has 3 nitrogen and oxygen atoms in total. The van der Waals surface area contributed by atoms with E-state index < -0.39 is 0 Å². The first kappa shape index (κ1) is 10.4. The SMILES string of the molecule is CCCC[C@H]1CCCCN1C(N)=O. The van der Waals surface area contributed by atoms with Gasteiger partial charge in [0.05, 0.1) is 0 Å². The fourth-order valence-corrected chi connectivity index (χ4v) is 2.03. The summed E-state index contributed by atoms with van der Waals surface area (Å²) in [6, 6.07) is 0.187. The minimum absolute atomic E-state index is 0.235. The van der Waals surface area contributed by atoms with Crippen LogP contribution < -0.4 is 5.73 Å². The predicted molar refractivity (Wildman–Crippen MR) is 53.5 cm³/mol. The number of piperidine rings is 1. The van der Waals surface area contributed by atoms with Crippen LogP contribution in [0.3, 0.4) is 0 Å². The van der Waals surface area contributed by atoms with Crippen LogP contribution in [0.1, 0.15) is 45.4 Å². The Morgan fingerprint density at radius 3 is 2.92 bits per heavy atom. The number of likely N-dealkylation sites (tertiary alicyclic amines) is 1. The Morgan fingerprint density at radius 1 is 1.54 bits per heavy atom. The molecule has 1 saturated heterocycles. The standard InChI is InChI=1S/C10H20N2O/c1-2-3-6-9-7-4-5-8-12(9)10(11)13/h9H,2-8H2,1H3,(H2,11,13)/t9-/m0/s1. The topological polar surface area (TPSA) is 46.3 Å². The molecule has 3 heteroatoms. The summed E-state index contributed by atoms with van der Waals surface area (Å²) < 4.78 is 0. The molecule has 1 atom stereocenters. The van der Waals surface area contributed by atoms with E-state index in [0.717, 1.165) is 25.8 Å². The largest absolute Gasteiger partial charge is 0.351 e. The number of nitrogens with two attached hydrogens (primary N) is 1.